The van der Waals surface area contributed by atoms with Crippen molar-refractivity contribution in [1.82, 2.24) is 5.32 Å². The third kappa shape index (κ3) is 4.83. The second kappa shape index (κ2) is 10.3. The van der Waals surface area contributed by atoms with Gasteiger partial charge in [0.15, 0.2) is 0 Å². The Hall–Kier alpha value is -3.86. The molecule has 160 valence electrons. The third-order valence-corrected chi connectivity index (χ3v) is 4.97. The number of benzene rings is 1. The van der Waals surface area contributed by atoms with Crippen molar-refractivity contribution in [3.05, 3.63) is 114 Å². The average molecular weight is 418 g/mol. The van der Waals surface area contributed by atoms with E-state index in [0.29, 0.717) is 11.3 Å². The van der Waals surface area contributed by atoms with Gasteiger partial charge in [0.1, 0.15) is 11.3 Å². The Labute approximate surface area is 183 Å². The first-order chi connectivity index (χ1) is 14.8. The molecule has 1 amide bonds. The lowest BCUT2D eigenvalue weighted by atomic mass is 9.76. The second-order valence-electron chi connectivity index (χ2n) is 6.88. The Kier molecular flexibility index (Phi) is 7.75. The number of carbonyl (C=O) groups excluding carboxylic acids is 2. The molecule has 1 atom stereocenters. The van der Waals surface area contributed by atoms with E-state index in [1.54, 1.807) is 48.6 Å². The summed E-state index contributed by atoms with van der Waals surface area (Å²) in [4.78, 5) is 24.3. The average Bonchev–Trinajstić information content (AvgIpc) is 3.05. The first-order valence-corrected chi connectivity index (χ1v) is 9.67. The third-order valence-electron chi connectivity index (χ3n) is 4.97. The van der Waals surface area contributed by atoms with Gasteiger partial charge in [0.05, 0.1) is 7.11 Å². The molecule has 2 rings (SSSR count). The minimum absolute atomic E-state index is 0.222. The standard InChI is InChI=1S/C26H27NO4/c1-7-10-22-23(11-8-2)26(27-24(22)28,19(5)13-12-18(4)9-3)20-14-16-21(17-15-20)31-25(29)30-6/h7-17H,1-3H2,4-6H3,(H,27,28)/b18-12-,19-13+,22-10+,23-11+. The van der Waals surface area contributed by atoms with Crippen molar-refractivity contribution in [3.63, 3.8) is 0 Å². The number of methoxy groups -OCH3 is 1. The predicted molar refractivity (Wildman–Crippen MR) is 124 cm³/mol. The normalized spacial score (nSPS) is 21.6. The van der Waals surface area contributed by atoms with Crippen LogP contribution in [0.15, 0.2) is 109 Å². The molecule has 0 aromatic heterocycles. The van der Waals surface area contributed by atoms with Gasteiger partial charge in [0.2, 0.25) is 0 Å². The van der Waals surface area contributed by atoms with Crippen LogP contribution in [-0.2, 0) is 15.1 Å². The van der Waals surface area contributed by atoms with Gasteiger partial charge in [-0.15, -0.1) is 0 Å². The molecule has 1 fully saturated rings. The number of allylic oxidation sites excluding steroid dienone is 8. The molecule has 1 saturated heterocycles. The van der Waals surface area contributed by atoms with Crippen molar-refractivity contribution in [3.8, 4) is 5.75 Å². The maximum Gasteiger partial charge on any atom is 0.513 e. The maximum atomic E-state index is 12.9. The topological polar surface area (TPSA) is 64.6 Å². The van der Waals surface area contributed by atoms with E-state index in [-0.39, 0.29) is 5.91 Å². The fourth-order valence-electron chi connectivity index (χ4n) is 3.37. The highest BCUT2D eigenvalue weighted by Crippen LogP contribution is 2.45. The fraction of sp³-hybridized carbons (Fsp3) is 0.154. The van der Waals surface area contributed by atoms with Crippen molar-refractivity contribution >= 4 is 12.1 Å². The largest absolute Gasteiger partial charge is 0.513 e. The summed E-state index contributed by atoms with van der Waals surface area (Å²) >= 11 is 0. The molecule has 0 spiro atoms. The summed E-state index contributed by atoms with van der Waals surface area (Å²) in [5, 5.41) is 3.14. The molecule has 1 aromatic rings. The molecule has 31 heavy (non-hydrogen) atoms. The van der Waals surface area contributed by atoms with E-state index < -0.39 is 11.7 Å². The zero-order valence-electron chi connectivity index (χ0n) is 18.1. The van der Waals surface area contributed by atoms with Gasteiger partial charge in [0, 0.05) is 5.57 Å². The molecule has 0 aliphatic carbocycles. The van der Waals surface area contributed by atoms with Crippen molar-refractivity contribution < 1.29 is 19.1 Å². The summed E-state index contributed by atoms with van der Waals surface area (Å²) in [6.45, 7) is 15.2. The zero-order valence-corrected chi connectivity index (χ0v) is 18.1. The quantitative estimate of drug-likeness (QED) is 0.277. The number of amides is 1. The SMILES string of the molecule is C=C/C=C1/C(=O)NC(/C(C)=C/C=C(/C)C=C)(c2ccc(OC(=O)OC)cc2)/C1=C/C=C. The van der Waals surface area contributed by atoms with E-state index in [0.717, 1.165) is 22.3 Å². The number of ether oxygens (including phenoxy) is 2. The summed E-state index contributed by atoms with van der Waals surface area (Å²) in [6.07, 6.45) is 11.6. The van der Waals surface area contributed by atoms with Gasteiger partial charge in [-0.2, -0.15) is 0 Å². The Morgan fingerprint density at radius 3 is 2.23 bits per heavy atom. The van der Waals surface area contributed by atoms with E-state index in [2.05, 4.69) is 29.8 Å². The molecule has 1 N–H and O–H groups in total. The van der Waals surface area contributed by atoms with Crippen LogP contribution >= 0.6 is 0 Å². The molecular formula is C26H27NO4. The van der Waals surface area contributed by atoms with Gasteiger partial charge in [-0.05, 0) is 48.8 Å². The number of carbonyl (C=O) groups is 2. The zero-order chi connectivity index (χ0) is 23.0. The molecule has 5 nitrogen and oxygen atoms in total. The summed E-state index contributed by atoms with van der Waals surface area (Å²) in [7, 11) is 1.24. The van der Waals surface area contributed by atoms with Crippen LogP contribution in [0.3, 0.4) is 0 Å². The van der Waals surface area contributed by atoms with Crippen LogP contribution in [0.5, 0.6) is 5.75 Å². The molecule has 0 bridgehead atoms. The van der Waals surface area contributed by atoms with Gasteiger partial charge in [-0.3, -0.25) is 4.79 Å². The van der Waals surface area contributed by atoms with Gasteiger partial charge in [0.25, 0.3) is 5.91 Å². The predicted octanol–water partition coefficient (Wildman–Crippen LogP) is 5.46. The van der Waals surface area contributed by atoms with Crippen LogP contribution in [0.1, 0.15) is 19.4 Å². The Balaban J connectivity index is 2.74. The highest BCUT2D eigenvalue weighted by Gasteiger charge is 2.47. The first kappa shape index (κ1) is 23.4. The van der Waals surface area contributed by atoms with Gasteiger partial charge >= 0.3 is 6.16 Å². The number of rotatable bonds is 7. The highest BCUT2D eigenvalue weighted by molar-refractivity contribution is 6.04. The first-order valence-electron chi connectivity index (χ1n) is 9.67. The highest BCUT2D eigenvalue weighted by atomic mass is 16.7. The lowest BCUT2D eigenvalue weighted by Gasteiger charge is -2.33. The summed E-state index contributed by atoms with van der Waals surface area (Å²) in [5.74, 6) is 0.107. The molecular weight excluding hydrogens is 390 g/mol. The van der Waals surface area contributed by atoms with E-state index in [9.17, 15) is 9.59 Å². The molecule has 0 radical (unpaired) electrons. The van der Waals surface area contributed by atoms with Crippen molar-refractivity contribution in [1.29, 1.82) is 0 Å². The van der Waals surface area contributed by atoms with E-state index in [1.807, 2.05) is 32.1 Å². The smallest absolute Gasteiger partial charge is 0.437 e. The van der Waals surface area contributed by atoms with Gasteiger partial charge in [-0.1, -0.05) is 73.9 Å². The van der Waals surface area contributed by atoms with Crippen LogP contribution in [0.25, 0.3) is 0 Å². The van der Waals surface area contributed by atoms with Crippen molar-refractivity contribution in [2.45, 2.75) is 19.4 Å². The van der Waals surface area contributed by atoms with Crippen LogP contribution in [0.4, 0.5) is 4.79 Å². The molecule has 1 aliphatic rings. The molecule has 1 unspecified atom stereocenters. The second-order valence-corrected chi connectivity index (χ2v) is 6.88. The number of hydrogen-bond donors (Lipinski definition) is 1. The Morgan fingerprint density at radius 2 is 1.68 bits per heavy atom. The lowest BCUT2D eigenvalue weighted by Crippen LogP contribution is -2.41. The fourth-order valence-corrected chi connectivity index (χ4v) is 3.37. The van der Waals surface area contributed by atoms with Crippen molar-refractivity contribution in [2.24, 2.45) is 0 Å². The molecule has 5 heteroatoms. The molecule has 1 heterocycles. The summed E-state index contributed by atoms with van der Waals surface area (Å²) in [6, 6.07) is 6.90. The summed E-state index contributed by atoms with van der Waals surface area (Å²) in [5.41, 5.74) is 2.95. The monoisotopic (exact) mass is 417 g/mol. The van der Waals surface area contributed by atoms with Crippen molar-refractivity contribution in [2.75, 3.05) is 7.11 Å². The molecule has 1 aliphatic heterocycles. The maximum absolute atomic E-state index is 12.9. The van der Waals surface area contributed by atoms with E-state index >= 15 is 0 Å². The lowest BCUT2D eigenvalue weighted by molar-refractivity contribution is -0.117. The number of hydrogen-bond acceptors (Lipinski definition) is 4. The van der Waals surface area contributed by atoms with Crippen LogP contribution < -0.4 is 10.1 Å². The summed E-state index contributed by atoms with van der Waals surface area (Å²) < 4.78 is 9.62. The van der Waals surface area contributed by atoms with Gasteiger partial charge < -0.3 is 14.8 Å². The Bertz CT molecular complexity index is 1020. The molecule has 0 saturated carbocycles. The molecule has 1 aromatic carbocycles. The van der Waals surface area contributed by atoms with Crippen LogP contribution in [0, 0.1) is 0 Å². The van der Waals surface area contributed by atoms with Crippen LogP contribution in [-0.4, -0.2) is 19.2 Å². The van der Waals surface area contributed by atoms with E-state index in [4.69, 9.17) is 4.74 Å². The minimum Gasteiger partial charge on any atom is -0.437 e. The van der Waals surface area contributed by atoms with Crippen LogP contribution in [0.2, 0.25) is 0 Å². The Morgan fingerprint density at radius 1 is 1.03 bits per heavy atom. The number of nitrogens with one attached hydrogen (secondary N) is 1. The van der Waals surface area contributed by atoms with E-state index in [1.165, 1.54) is 7.11 Å². The minimum atomic E-state index is -0.943. The van der Waals surface area contributed by atoms with Gasteiger partial charge in [-0.25, -0.2) is 4.79 Å².